The number of H-pyrrole nitrogens is 1. The summed E-state index contributed by atoms with van der Waals surface area (Å²) < 4.78 is 0. The Hall–Kier alpha value is -1.42. The summed E-state index contributed by atoms with van der Waals surface area (Å²) in [5.74, 6) is 0. The van der Waals surface area contributed by atoms with Crippen molar-refractivity contribution in [3.05, 3.63) is 38.5 Å². The zero-order chi connectivity index (χ0) is 12.5. The first kappa shape index (κ1) is 11.7. The average molecular weight is 260 g/mol. The van der Waals surface area contributed by atoms with E-state index in [0.717, 1.165) is 43.4 Å². The largest absolute Gasteiger partial charge is 0.268 e. The van der Waals surface area contributed by atoms with Crippen LogP contribution in [-0.4, -0.2) is 10.2 Å². The molecule has 2 aromatic heterocycles. The van der Waals surface area contributed by atoms with E-state index in [0.29, 0.717) is 0 Å². The zero-order valence-corrected chi connectivity index (χ0v) is 11.3. The minimum absolute atomic E-state index is 0.000668. The van der Waals surface area contributed by atoms with Crippen LogP contribution in [0.25, 0.3) is 10.6 Å². The van der Waals surface area contributed by atoms with Crippen LogP contribution in [0.15, 0.2) is 16.9 Å². The molecule has 0 spiro atoms. The van der Waals surface area contributed by atoms with Gasteiger partial charge in [-0.1, -0.05) is 6.92 Å². The summed E-state index contributed by atoms with van der Waals surface area (Å²) >= 11 is 1.78. The van der Waals surface area contributed by atoms with E-state index in [1.165, 1.54) is 15.3 Å². The first-order valence-electron chi connectivity index (χ1n) is 6.49. The van der Waals surface area contributed by atoms with Gasteiger partial charge in [0.05, 0.1) is 4.88 Å². The van der Waals surface area contributed by atoms with Gasteiger partial charge in [0.25, 0.3) is 5.56 Å². The van der Waals surface area contributed by atoms with Gasteiger partial charge in [0.2, 0.25) is 0 Å². The van der Waals surface area contributed by atoms with Gasteiger partial charge in [0, 0.05) is 10.4 Å². The highest BCUT2D eigenvalue weighted by atomic mass is 32.1. The molecule has 94 valence electrons. The standard InChI is InChI=1S/C14H16N2OS/c1-2-9-7-8-12(18-9)13-10-5-3-4-6-11(10)14(17)16-15-13/h7-8H,2-6H2,1H3,(H,16,17). The third-order valence-electron chi connectivity index (χ3n) is 3.54. The highest BCUT2D eigenvalue weighted by Crippen LogP contribution is 2.32. The molecule has 0 bridgehead atoms. The molecule has 2 heterocycles. The fraction of sp³-hybridized carbons (Fsp3) is 0.429. The van der Waals surface area contributed by atoms with Gasteiger partial charge in [-0.25, -0.2) is 5.10 Å². The number of aromatic amines is 1. The summed E-state index contributed by atoms with van der Waals surface area (Å²) in [6.45, 7) is 2.16. The van der Waals surface area contributed by atoms with Crippen LogP contribution in [0, 0.1) is 0 Å². The molecule has 0 aromatic carbocycles. The van der Waals surface area contributed by atoms with Crippen LogP contribution in [0.3, 0.4) is 0 Å². The van der Waals surface area contributed by atoms with Gasteiger partial charge < -0.3 is 0 Å². The van der Waals surface area contributed by atoms with Crippen molar-refractivity contribution >= 4 is 11.3 Å². The van der Waals surface area contributed by atoms with Crippen LogP contribution in [0.1, 0.15) is 35.8 Å². The van der Waals surface area contributed by atoms with Crippen LogP contribution in [0.5, 0.6) is 0 Å². The summed E-state index contributed by atoms with van der Waals surface area (Å²) in [6.07, 6.45) is 5.21. The molecule has 0 saturated heterocycles. The fourth-order valence-corrected chi connectivity index (χ4v) is 3.52. The Morgan fingerprint density at radius 2 is 2.06 bits per heavy atom. The number of nitrogens with one attached hydrogen (secondary N) is 1. The lowest BCUT2D eigenvalue weighted by Crippen LogP contribution is -2.21. The predicted octanol–water partition coefficient (Wildman–Crippen LogP) is 2.94. The van der Waals surface area contributed by atoms with Gasteiger partial charge >= 0.3 is 0 Å². The maximum Gasteiger partial charge on any atom is 0.267 e. The number of hydrogen-bond donors (Lipinski definition) is 1. The van der Waals surface area contributed by atoms with E-state index in [4.69, 9.17) is 0 Å². The SMILES string of the molecule is CCc1ccc(-c2n[nH]c(=O)c3c2CCCC3)s1. The first-order valence-corrected chi connectivity index (χ1v) is 7.30. The fourth-order valence-electron chi connectivity index (χ4n) is 2.56. The van der Waals surface area contributed by atoms with Crippen LogP contribution in [0.2, 0.25) is 0 Å². The summed E-state index contributed by atoms with van der Waals surface area (Å²) in [5.41, 5.74) is 3.13. The first-order chi connectivity index (χ1) is 8.79. The normalized spacial score (nSPS) is 14.5. The van der Waals surface area contributed by atoms with Crippen molar-refractivity contribution in [3.8, 4) is 10.6 Å². The minimum atomic E-state index is 0.000668. The van der Waals surface area contributed by atoms with Crippen molar-refractivity contribution in [2.24, 2.45) is 0 Å². The van der Waals surface area contributed by atoms with Crippen molar-refractivity contribution < 1.29 is 0 Å². The van der Waals surface area contributed by atoms with Gasteiger partial charge in [0.15, 0.2) is 0 Å². The number of aryl methyl sites for hydroxylation is 1. The molecule has 1 aliphatic rings. The Morgan fingerprint density at radius 1 is 1.28 bits per heavy atom. The zero-order valence-electron chi connectivity index (χ0n) is 10.5. The Bertz CT molecular complexity index is 627. The maximum absolute atomic E-state index is 11.8. The van der Waals surface area contributed by atoms with Gasteiger partial charge in [0.1, 0.15) is 5.69 Å². The average Bonchev–Trinajstić information content (AvgIpc) is 2.88. The molecule has 0 fully saturated rings. The summed E-state index contributed by atoms with van der Waals surface area (Å²) in [5, 5.41) is 6.94. The van der Waals surface area contributed by atoms with Gasteiger partial charge in [-0.2, -0.15) is 5.10 Å². The molecule has 3 rings (SSSR count). The van der Waals surface area contributed by atoms with Crippen LogP contribution < -0.4 is 5.56 Å². The second-order valence-electron chi connectivity index (χ2n) is 4.69. The van der Waals surface area contributed by atoms with E-state index < -0.39 is 0 Å². The molecule has 3 nitrogen and oxygen atoms in total. The summed E-state index contributed by atoms with van der Waals surface area (Å²) in [6, 6.07) is 4.28. The van der Waals surface area contributed by atoms with Crippen molar-refractivity contribution in [3.63, 3.8) is 0 Å². The smallest absolute Gasteiger partial charge is 0.267 e. The Balaban J connectivity index is 2.14. The van der Waals surface area contributed by atoms with Crippen LogP contribution in [0.4, 0.5) is 0 Å². The third-order valence-corrected chi connectivity index (χ3v) is 4.78. The van der Waals surface area contributed by atoms with Crippen molar-refractivity contribution in [1.82, 2.24) is 10.2 Å². The lowest BCUT2D eigenvalue weighted by molar-refractivity contribution is 0.669. The molecule has 18 heavy (non-hydrogen) atoms. The highest BCUT2D eigenvalue weighted by Gasteiger charge is 2.19. The van der Waals surface area contributed by atoms with Crippen molar-refractivity contribution in [2.45, 2.75) is 39.0 Å². The molecule has 0 atom stereocenters. The Labute approximate surface area is 110 Å². The van der Waals surface area contributed by atoms with E-state index in [1.54, 1.807) is 11.3 Å². The van der Waals surface area contributed by atoms with Crippen molar-refractivity contribution in [2.75, 3.05) is 0 Å². The van der Waals surface area contributed by atoms with E-state index in [1.807, 2.05) is 0 Å². The van der Waals surface area contributed by atoms with Crippen molar-refractivity contribution in [1.29, 1.82) is 0 Å². The van der Waals surface area contributed by atoms with E-state index in [-0.39, 0.29) is 5.56 Å². The van der Waals surface area contributed by atoms with E-state index in [9.17, 15) is 4.79 Å². The molecule has 1 N–H and O–H groups in total. The van der Waals surface area contributed by atoms with Gasteiger partial charge in [-0.15, -0.1) is 11.3 Å². The topological polar surface area (TPSA) is 45.8 Å². The molecule has 1 aliphatic carbocycles. The molecule has 4 heteroatoms. The Morgan fingerprint density at radius 3 is 2.78 bits per heavy atom. The van der Waals surface area contributed by atoms with Gasteiger partial charge in [-0.05, 0) is 49.8 Å². The lowest BCUT2D eigenvalue weighted by atomic mass is 9.91. The van der Waals surface area contributed by atoms with E-state index in [2.05, 4.69) is 29.3 Å². The molecule has 0 amide bonds. The molecule has 2 aromatic rings. The second-order valence-corrected chi connectivity index (χ2v) is 5.85. The number of fused-ring (bicyclic) bond motifs is 1. The molecule has 0 aliphatic heterocycles. The second kappa shape index (κ2) is 4.69. The lowest BCUT2D eigenvalue weighted by Gasteiger charge is -2.16. The molecule has 0 radical (unpaired) electrons. The maximum atomic E-state index is 11.8. The van der Waals surface area contributed by atoms with E-state index >= 15 is 0 Å². The Kier molecular flexibility index (Phi) is 3.04. The van der Waals surface area contributed by atoms with Gasteiger partial charge in [-0.3, -0.25) is 4.79 Å². The quantitative estimate of drug-likeness (QED) is 0.902. The van der Waals surface area contributed by atoms with Crippen LogP contribution >= 0.6 is 11.3 Å². The third kappa shape index (κ3) is 1.90. The minimum Gasteiger partial charge on any atom is -0.268 e. The monoisotopic (exact) mass is 260 g/mol. The molecule has 0 saturated carbocycles. The summed E-state index contributed by atoms with van der Waals surface area (Å²) in [4.78, 5) is 14.3. The number of thiophene rings is 1. The highest BCUT2D eigenvalue weighted by molar-refractivity contribution is 7.15. The molecular formula is C14H16N2OS. The predicted molar refractivity (Wildman–Crippen MR) is 74.2 cm³/mol. The van der Waals surface area contributed by atoms with Crippen LogP contribution in [-0.2, 0) is 19.3 Å². The number of nitrogens with zero attached hydrogens (tertiary/aromatic N) is 1. The number of hydrogen-bond acceptors (Lipinski definition) is 3. The molecule has 0 unspecified atom stereocenters. The number of rotatable bonds is 2. The number of aromatic nitrogens is 2. The molecular weight excluding hydrogens is 244 g/mol. The summed E-state index contributed by atoms with van der Waals surface area (Å²) in [7, 11) is 0.